The minimum absolute atomic E-state index is 0.0460. The lowest BCUT2D eigenvalue weighted by Gasteiger charge is -2.37. The van der Waals surface area contributed by atoms with Crippen LogP contribution in [0, 0.1) is 5.41 Å². The number of Topliss-reactive ketones (excluding diaryl/α,β-unsaturated/α-hetero) is 2. The van der Waals surface area contributed by atoms with Crippen molar-refractivity contribution in [1.82, 2.24) is 4.90 Å². The zero-order valence-electron chi connectivity index (χ0n) is 15.0. The third kappa shape index (κ3) is 2.72. The molecule has 0 aromatic heterocycles. The van der Waals surface area contributed by atoms with Crippen molar-refractivity contribution in [2.45, 2.75) is 40.5 Å². The van der Waals surface area contributed by atoms with Gasteiger partial charge in [-0.05, 0) is 43.8 Å². The fraction of sp³-hybridized carbons (Fsp3) is 0.429. The van der Waals surface area contributed by atoms with Gasteiger partial charge in [-0.1, -0.05) is 38.1 Å². The van der Waals surface area contributed by atoms with Gasteiger partial charge in [0.2, 0.25) is 0 Å². The highest BCUT2D eigenvalue weighted by Gasteiger charge is 2.37. The molecule has 0 atom stereocenters. The van der Waals surface area contributed by atoms with E-state index in [1.165, 1.54) is 5.70 Å². The topological polar surface area (TPSA) is 37.4 Å². The van der Waals surface area contributed by atoms with Gasteiger partial charge in [0.1, 0.15) is 0 Å². The lowest BCUT2D eigenvalue weighted by atomic mass is 9.75. The first-order valence-corrected chi connectivity index (χ1v) is 8.75. The van der Waals surface area contributed by atoms with Crippen LogP contribution in [-0.2, 0) is 0 Å². The normalized spacial score (nSPS) is 19.4. The second-order valence-electron chi connectivity index (χ2n) is 7.43. The van der Waals surface area contributed by atoms with E-state index < -0.39 is 0 Å². The van der Waals surface area contributed by atoms with Crippen LogP contribution in [0.1, 0.15) is 61.3 Å². The summed E-state index contributed by atoms with van der Waals surface area (Å²) in [6, 6.07) is 7.15. The Morgan fingerprint density at radius 3 is 2.00 bits per heavy atom. The summed E-state index contributed by atoms with van der Waals surface area (Å²) in [7, 11) is 0. The summed E-state index contributed by atoms with van der Waals surface area (Å²) < 4.78 is 0. The monoisotopic (exact) mass is 323 g/mol. The Hall–Kier alpha value is -2.16. The van der Waals surface area contributed by atoms with Gasteiger partial charge in [-0.25, -0.2) is 0 Å². The van der Waals surface area contributed by atoms with Gasteiger partial charge >= 0.3 is 0 Å². The lowest BCUT2D eigenvalue weighted by molar-refractivity contribution is 0.0986. The SMILES string of the molecule is CCN(CC)C1=CC(=C2C(=O)c3ccccc3C2=O)CC(C)(C)C1. The molecule has 0 radical (unpaired) electrons. The average Bonchev–Trinajstić information content (AvgIpc) is 2.79. The molecule has 0 aliphatic heterocycles. The molecule has 0 heterocycles. The van der Waals surface area contributed by atoms with Crippen molar-refractivity contribution >= 4 is 11.6 Å². The van der Waals surface area contributed by atoms with Gasteiger partial charge in [0.25, 0.3) is 0 Å². The number of hydrogen-bond donors (Lipinski definition) is 0. The molecular weight excluding hydrogens is 298 g/mol. The minimum atomic E-state index is -0.113. The van der Waals surface area contributed by atoms with E-state index in [4.69, 9.17) is 0 Å². The van der Waals surface area contributed by atoms with Crippen molar-refractivity contribution < 1.29 is 9.59 Å². The van der Waals surface area contributed by atoms with Crippen LogP contribution >= 0.6 is 0 Å². The molecule has 0 fully saturated rings. The fourth-order valence-corrected chi connectivity index (χ4v) is 3.91. The molecule has 0 spiro atoms. The molecule has 1 aromatic carbocycles. The molecule has 0 saturated heterocycles. The zero-order valence-corrected chi connectivity index (χ0v) is 15.0. The largest absolute Gasteiger partial charge is 0.375 e. The molecule has 0 saturated carbocycles. The third-order valence-corrected chi connectivity index (χ3v) is 5.03. The maximum Gasteiger partial charge on any atom is 0.198 e. The predicted octanol–water partition coefficient (Wildman–Crippen LogP) is 4.41. The number of carbonyl (C=O) groups excluding carboxylic acids is 2. The van der Waals surface area contributed by atoms with Crippen LogP contribution in [0.25, 0.3) is 0 Å². The van der Waals surface area contributed by atoms with Crippen molar-refractivity contribution in [2.75, 3.05) is 13.1 Å². The highest BCUT2D eigenvalue weighted by Crippen LogP contribution is 2.42. The van der Waals surface area contributed by atoms with E-state index in [9.17, 15) is 9.59 Å². The Morgan fingerprint density at radius 2 is 1.50 bits per heavy atom. The number of ketones is 2. The predicted molar refractivity (Wildman–Crippen MR) is 96.1 cm³/mol. The zero-order chi connectivity index (χ0) is 17.5. The van der Waals surface area contributed by atoms with Crippen LogP contribution < -0.4 is 0 Å². The molecule has 0 unspecified atom stereocenters. The number of carbonyl (C=O) groups is 2. The maximum absolute atomic E-state index is 12.8. The van der Waals surface area contributed by atoms with Gasteiger partial charge in [-0.15, -0.1) is 0 Å². The van der Waals surface area contributed by atoms with Crippen molar-refractivity contribution in [1.29, 1.82) is 0 Å². The third-order valence-electron chi connectivity index (χ3n) is 5.03. The van der Waals surface area contributed by atoms with E-state index >= 15 is 0 Å². The fourth-order valence-electron chi connectivity index (χ4n) is 3.91. The molecule has 24 heavy (non-hydrogen) atoms. The molecule has 1 aromatic rings. The number of fused-ring (bicyclic) bond motifs is 1. The molecule has 0 amide bonds. The number of hydrogen-bond acceptors (Lipinski definition) is 3. The number of rotatable bonds is 3. The van der Waals surface area contributed by atoms with E-state index in [2.05, 4.69) is 38.7 Å². The molecule has 2 aliphatic rings. The molecule has 3 rings (SSSR count). The molecule has 2 aliphatic carbocycles. The second kappa shape index (κ2) is 6.04. The second-order valence-corrected chi connectivity index (χ2v) is 7.43. The van der Waals surface area contributed by atoms with E-state index in [0.29, 0.717) is 16.7 Å². The highest BCUT2D eigenvalue weighted by atomic mass is 16.2. The molecule has 126 valence electrons. The van der Waals surface area contributed by atoms with Crippen molar-refractivity contribution in [3.63, 3.8) is 0 Å². The van der Waals surface area contributed by atoms with Gasteiger partial charge in [0, 0.05) is 29.9 Å². The quantitative estimate of drug-likeness (QED) is 0.611. The smallest absolute Gasteiger partial charge is 0.198 e. The summed E-state index contributed by atoms with van der Waals surface area (Å²) >= 11 is 0. The molecular formula is C21H25NO2. The maximum atomic E-state index is 12.8. The van der Waals surface area contributed by atoms with Crippen LogP contribution in [0.2, 0.25) is 0 Å². The summed E-state index contributed by atoms with van der Waals surface area (Å²) in [6.45, 7) is 10.6. The van der Waals surface area contributed by atoms with E-state index in [0.717, 1.165) is 31.5 Å². The van der Waals surface area contributed by atoms with Crippen molar-refractivity contribution in [2.24, 2.45) is 5.41 Å². The Labute approximate surface area is 144 Å². The summed E-state index contributed by atoms with van der Waals surface area (Å²) in [4.78, 5) is 27.9. The van der Waals surface area contributed by atoms with Crippen LogP contribution in [0.4, 0.5) is 0 Å². The van der Waals surface area contributed by atoms with E-state index in [-0.39, 0.29) is 17.0 Å². The summed E-state index contributed by atoms with van der Waals surface area (Å²) in [5.74, 6) is -0.225. The molecule has 0 bridgehead atoms. The van der Waals surface area contributed by atoms with Crippen molar-refractivity contribution in [3.8, 4) is 0 Å². The highest BCUT2D eigenvalue weighted by molar-refractivity contribution is 6.40. The minimum Gasteiger partial charge on any atom is -0.375 e. The Balaban J connectivity index is 2.13. The van der Waals surface area contributed by atoms with Crippen LogP contribution in [-0.4, -0.2) is 29.6 Å². The first kappa shape index (κ1) is 16.7. The van der Waals surface area contributed by atoms with Crippen LogP contribution in [0.5, 0.6) is 0 Å². The summed E-state index contributed by atoms with van der Waals surface area (Å²) in [5.41, 5.74) is 3.66. The first-order chi connectivity index (χ1) is 11.4. The van der Waals surface area contributed by atoms with Gasteiger partial charge in [-0.2, -0.15) is 0 Å². The van der Waals surface area contributed by atoms with E-state index in [1.54, 1.807) is 12.1 Å². The first-order valence-electron chi connectivity index (χ1n) is 8.75. The Morgan fingerprint density at radius 1 is 0.958 bits per heavy atom. The summed E-state index contributed by atoms with van der Waals surface area (Å²) in [5, 5.41) is 0. The Bertz CT molecular complexity index is 727. The standard InChI is InChI=1S/C21H25NO2/c1-5-22(6-2)15-11-14(12-21(3,4)13-15)18-19(23)16-9-7-8-10-17(16)20(18)24/h7-11H,5-6,12-13H2,1-4H3. The number of nitrogens with zero attached hydrogens (tertiary/aromatic N) is 1. The van der Waals surface area contributed by atoms with Crippen LogP contribution in [0.3, 0.4) is 0 Å². The van der Waals surface area contributed by atoms with Gasteiger partial charge in [0.15, 0.2) is 11.6 Å². The number of benzene rings is 1. The van der Waals surface area contributed by atoms with Crippen LogP contribution in [0.15, 0.2) is 47.2 Å². The average molecular weight is 323 g/mol. The molecule has 0 N–H and O–H groups in total. The molecule has 3 heteroatoms. The number of allylic oxidation sites excluding steroid dienone is 4. The summed E-state index contributed by atoms with van der Waals surface area (Å²) in [6.07, 6.45) is 3.83. The van der Waals surface area contributed by atoms with Gasteiger partial charge in [0.05, 0.1) is 5.57 Å². The van der Waals surface area contributed by atoms with E-state index in [1.807, 2.05) is 12.1 Å². The Kier molecular flexibility index (Phi) is 4.20. The van der Waals surface area contributed by atoms with Crippen molar-refractivity contribution in [3.05, 3.63) is 58.3 Å². The lowest BCUT2D eigenvalue weighted by Crippen LogP contribution is -2.30. The molecule has 3 nitrogen and oxygen atoms in total. The van der Waals surface area contributed by atoms with Gasteiger partial charge in [-0.3, -0.25) is 9.59 Å². The van der Waals surface area contributed by atoms with Gasteiger partial charge < -0.3 is 4.90 Å².